The Bertz CT molecular complexity index is 620. The van der Waals surface area contributed by atoms with Crippen LogP contribution < -0.4 is 5.32 Å². The summed E-state index contributed by atoms with van der Waals surface area (Å²) in [6.07, 6.45) is 7.71. The fourth-order valence-electron chi connectivity index (χ4n) is 2.82. The van der Waals surface area contributed by atoms with E-state index in [1.165, 1.54) is 24.2 Å². The molecule has 1 fully saturated rings. The van der Waals surface area contributed by atoms with E-state index in [4.69, 9.17) is 0 Å². The Morgan fingerprint density at radius 3 is 2.62 bits per heavy atom. The first kappa shape index (κ1) is 19.4. The Hall–Kier alpha value is -0.920. The van der Waals surface area contributed by atoms with Gasteiger partial charge in [-0.1, -0.05) is 32.6 Å². The zero-order valence-electron chi connectivity index (χ0n) is 14.4. The molecule has 7 heteroatoms. The van der Waals surface area contributed by atoms with Gasteiger partial charge in [-0.2, -0.15) is 4.31 Å². The number of sulfonamides is 1. The van der Waals surface area contributed by atoms with Crippen LogP contribution in [-0.2, 0) is 21.2 Å². The van der Waals surface area contributed by atoms with E-state index in [1.54, 1.807) is 16.4 Å². The van der Waals surface area contributed by atoms with Gasteiger partial charge in [-0.3, -0.25) is 4.79 Å². The molecular formula is C17H28N2O3S2. The molecule has 0 bridgehead atoms. The Kier molecular flexibility index (Phi) is 7.71. The molecule has 0 atom stereocenters. The molecule has 5 nitrogen and oxygen atoms in total. The van der Waals surface area contributed by atoms with Crippen molar-refractivity contribution in [2.24, 2.45) is 0 Å². The van der Waals surface area contributed by atoms with Gasteiger partial charge < -0.3 is 5.32 Å². The van der Waals surface area contributed by atoms with Gasteiger partial charge >= 0.3 is 0 Å². The molecule has 1 aliphatic rings. The molecule has 0 aliphatic carbocycles. The molecule has 0 spiro atoms. The van der Waals surface area contributed by atoms with E-state index in [-0.39, 0.29) is 12.3 Å². The van der Waals surface area contributed by atoms with Crippen LogP contribution in [0.3, 0.4) is 0 Å². The molecule has 2 rings (SSSR count). The van der Waals surface area contributed by atoms with Crippen molar-refractivity contribution in [1.82, 2.24) is 9.62 Å². The van der Waals surface area contributed by atoms with Crippen molar-refractivity contribution < 1.29 is 13.2 Å². The van der Waals surface area contributed by atoms with Crippen molar-refractivity contribution >= 4 is 27.3 Å². The normalized spacial score (nSPS) is 16.2. The Labute approximate surface area is 149 Å². The third-order valence-corrected chi connectivity index (χ3v) is 7.68. The van der Waals surface area contributed by atoms with Crippen molar-refractivity contribution in [3.8, 4) is 0 Å². The SMILES string of the molecule is CCCCCCNC(=O)Cc1ccc(S(=O)(=O)N2CCCCC2)s1. The minimum atomic E-state index is -3.38. The van der Waals surface area contributed by atoms with Gasteiger partial charge in [0.2, 0.25) is 5.91 Å². The highest BCUT2D eigenvalue weighted by Crippen LogP contribution is 2.27. The van der Waals surface area contributed by atoms with E-state index in [1.807, 2.05) is 0 Å². The highest BCUT2D eigenvalue weighted by molar-refractivity contribution is 7.91. The molecule has 1 aromatic rings. The fraction of sp³-hybridized carbons (Fsp3) is 0.706. The Morgan fingerprint density at radius 2 is 1.92 bits per heavy atom. The van der Waals surface area contributed by atoms with Crippen LogP contribution in [0.4, 0.5) is 0 Å². The lowest BCUT2D eigenvalue weighted by Crippen LogP contribution is -2.35. The summed E-state index contributed by atoms with van der Waals surface area (Å²) in [5, 5.41) is 2.91. The molecule has 0 aromatic carbocycles. The molecule has 1 N–H and O–H groups in total. The second kappa shape index (κ2) is 9.53. The minimum Gasteiger partial charge on any atom is -0.356 e. The van der Waals surface area contributed by atoms with Crippen molar-refractivity contribution in [2.45, 2.75) is 62.5 Å². The van der Waals surface area contributed by atoms with E-state index < -0.39 is 10.0 Å². The van der Waals surface area contributed by atoms with Crippen molar-refractivity contribution in [2.75, 3.05) is 19.6 Å². The lowest BCUT2D eigenvalue weighted by Gasteiger charge is -2.25. The highest BCUT2D eigenvalue weighted by atomic mass is 32.2. The molecule has 136 valence electrons. The zero-order valence-corrected chi connectivity index (χ0v) is 16.1. The molecule has 0 saturated carbocycles. The zero-order chi connectivity index (χ0) is 17.4. The molecule has 0 unspecified atom stereocenters. The third kappa shape index (κ3) is 5.57. The summed E-state index contributed by atoms with van der Waals surface area (Å²) in [5.74, 6) is -0.0322. The summed E-state index contributed by atoms with van der Waals surface area (Å²) in [6.45, 7) is 4.07. The van der Waals surface area contributed by atoms with Crippen LogP contribution in [0.2, 0.25) is 0 Å². The number of unbranched alkanes of at least 4 members (excludes halogenated alkanes) is 3. The average molecular weight is 373 g/mol. The first-order chi connectivity index (χ1) is 11.5. The topological polar surface area (TPSA) is 66.5 Å². The maximum absolute atomic E-state index is 12.6. The highest BCUT2D eigenvalue weighted by Gasteiger charge is 2.27. The number of carbonyl (C=O) groups excluding carboxylic acids is 1. The van der Waals surface area contributed by atoms with Gasteiger partial charge in [0.1, 0.15) is 4.21 Å². The van der Waals surface area contributed by atoms with Gasteiger partial charge in [0.25, 0.3) is 10.0 Å². The molecule has 1 aromatic heterocycles. The van der Waals surface area contributed by atoms with Crippen molar-refractivity contribution in [1.29, 1.82) is 0 Å². The first-order valence-corrected chi connectivity index (χ1v) is 11.1. The van der Waals surface area contributed by atoms with Crippen molar-refractivity contribution in [3.63, 3.8) is 0 Å². The average Bonchev–Trinajstić information content (AvgIpc) is 3.04. The van der Waals surface area contributed by atoms with Gasteiger partial charge in [-0.15, -0.1) is 11.3 Å². The number of nitrogens with zero attached hydrogens (tertiary/aromatic N) is 1. The van der Waals surface area contributed by atoms with Crippen LogP contribution in [-0.4, -0.2) is 38.3 Å². The van der Waals surface area contributed by atoms with Gasteiger partial charge in [-0.25, -0.2) is 8.42 Å². The number of hydrogen-bond donors (Lipinski definition) is 1. The lowest BCUT2D eigenvalue weighted by molar-refractivity contribution is -0.120. The summed E-state index contributed by atoms with van der Waals surface area (Å²) in [5.41, 5.74) is 0. The van der Waals surface area contributed by atoms with Gasteiger partial charge in [0.15, 0.2) is 0 Å². The molecule has 24 heavy (non-hydrogen) atoms. The molecule has 0 radical (unpaired) electrons. The van der Waals surface area contributed by atoms with E-state index in [9.17, 15) is 13.2 Å². The van der Waals surface area contributed by atoms with Crippen LogP contribution in [0.15, 0.2) is 16.3 Å². The third-order valence-electron chi connectivity index (χ3n) is 4.23. The van der Waals surface area contributed by atoms with Crippen LogP contribution >= 0.6 is 11.3 Å². The van der Waals surface area contributed by atoms with Crippen molar-refractivity contribution in [3.05, 3.63) is 17.0 Å². The van der Waals surface area contributed by atoms with Gasteiger partial charge in [-0.05, 0) is 31.4 Å². The summed E-state index contributed by atoms with van der Waals surface area (Å²) < 4.78 is 27.1. The minimum absolute atomic E-state index is 0.0322. The van der Waals surface area contributed by atoms with Gasteiger partial charge in [0.05, 0.1) is 6.42 Å². The summed E-state index contributed by atoms with van der Waals surface area (Å²) >= 11 is 1.22. The van der Waals surface area contributed by atoms with Crippen LogP contribution in [0.1, 0.15) is 56.7 Å². The maximum atomic E-state index is 12.6. The number of piperidine rings is 1. The van der Waals surface area contributed by atoms with Crippen LogP contribution in [0.5, 0.6) is 0 Å². The number of amides is 1. The smallest absolute Gasteiger partial charge is 0.252 e. The largest absolute Gasteiger partial charge is 0.356 e. The first-order valence-electron chi connectivity index (χ1n) is 8.89. The maximum Gasteiger partial charge on any atom is 0.252 e. The van der Waals surface area contributed by atoms with Crippen LogP contribution in [0, 0.1) is 0 Å². The fourth-order valence-corrected chi connectivity index (χ4v) is 5.85. The standard InChI is InChI=1S/C17H28N2O3S2/c1-2-3-4-6-11-18-16(20)14-15-9-10-17(23-15)24(21,22)19-12-7-5-8-13-19/h9-10H,2-8,11-14H2,1H3,(H,18,20). The van der Waals surface area contributed by atoms with E-state index in [2.05, 4.69) is 12.2 Å². The number of carbonyl (C=O) groups is 1. The lowest BCUT2D eigenvalue weighted by atomic mass is 10.2. The number of rotatable bonds is 9. The molecule has 1 amide bonds. The van der Waals surface area contributed by atoms with Crippen LogP contribution in [0.25, 0.3) is 0 Å². The second-order valence-electron chi connectivity index (χ2n) is 6.27. The van der Waals surface area contributed by atoms with Gasteiger partial charge in [0, 0.05) is 24.5 Å². The van der Waals surface area contributed by atoms with E-state index in [0.29, 0.717) is 23.8 Å². The molecule has 2 heterocycles. The number of thiophene rings is 1. The second-order valence-corrected chi connectivity index (χ2v) is 9.61. The van der Waals surface area contributed by atoms with E-state index >= 15 is 0 Å². The quantitative estimate of drug-likeness (QED) is 0.677. The summed E-state index contributed by atoms with van der Waals surface area (Å²) in [7, 11) is -3.38. The summed E-state index contributed by atoms with van der Waals surface area (Å²) in [6, 6.07) is 3.40. The predicted octanol–water partition coefficient (Wildman–Crippen LogP) is 3.16. The Morgan fingerprint density at radius 1 is 1.17 bits per heavy atom. The predicted molar refractivity (Wildman–Crippen MR) is 97.8 cm³/mol. The molecular weight excluding hydrogens is 344 g/mol. The molecule has 1 aliphatic heterocycles. The number of hydrogen-bond acceptors (Lipinski definition) is 4. The monoisotopic (exact) mass is 372 g/mol. The molecule has 1 saturated heterocycles. The number of nitrogens with one attached hydrogen (secondary N) is 1. The Balaban J connectivity index is 1.85. The summed E-state index contributed by atoms with van der Waals surface area (Å²) in [4.78, 5) is 12.7. The van der Waals surface area contributed by atoms with E-state index in [0.717, 1.165) is 37.0 Å².